The lowest BCUT2D eigenvalue weighted by molar-refractivity contribution is -0.113. The third kappa shape index (κ3) is 3.08. The predicted molar refractivity (Wildman–Crippen MR) is 80.8 cm³/mol. The van der Waals surface area contributed by atoms with Crippen LogP contribution in [0.1, 0.15) is 18.7 Å². The Labute approximate surface area is 131 Å². The minimum Gasteiger partial charge on any atom is -0.467 e. The number of furan rings is 1. The average Bonchev–Trinajstić information content (AvgIpc) is 3.03. The van der Waals surface area contributed by atoms with Crippen molar-refractivity contribution in [3.8, 4) is 0 Å². The van der Waals surface area contributed by atoms with Crippen LogP contribution in [0.5, 0.6) is 0 Å². The van der Waals surface area contributed by atoms with Gasteiger partial charge in [-0.25, -0.2) is 9.18 Å². The van der Waals surface area contributed by atoms with Crippen molar-refractivity contribution < 1.29 is 18.4 Å². The molecule has 0 bridgehead atoms. The van der Waals surface area contributed by atoms with Gasteiger partial charge in [-0.15, -0.1) is 0 Å². The number of nitrogens with one attached hydrogen (secondary N) is 3. The topological polar surface area (TPSA) is 83.4 Å². The van der Waals surface area contributed by atoms with Crippen molar-refractivity contribution in [2.45, 2.75) is 13.0 Å². The Morgan fingerprint density at radius 3 is 2.65 bits per heavy atom. The fourth-order valence-electron chi connectivity index (χ4n) is 2.40. The number of allylic oxidation sites excluding steroid dienone is 1. The van der Waals surface area contributed by atoms with Gasteiger partial charge >= 0.3 is 6.03 Å². The largest absolute Gasteiger partial charge is 0.467 e. The number of hydrogen-bond acceptors (Lipinski definition) is 3. The van der Waals surface area contributed by atoms with E-state index in [1.807, 2.05) is 0 Å². The molecule has 3 rings (SSSR count). The maximum absolute atomic E-state index is 12.9. The first-order valence-corrected chi connectivity index (χ1v) is 6.93. The molecular formula is C16H14FN3O3. The fraction of sp³-hybridized carbons (Fsp3) is 0.125. The summed E-state index contributed by atoms with van der Waals surface area (Å²) in [7, 11) is 0. The number of benzene rings is 1. The van der Waals surface area contributed by atoms with Gasteiger partial charge in [0.05, 0.1) is 11.8 Å². The van der Waals surface area contributed by atoms with Crippen molar-refractivity contribution >= 4 is 17.6 Å². The standard InChI is InChI=1S/C16H14FN3O3/c1-9-13(15(21)19-11-6-4-10(17)5-7-11)14(20-16(22)18-9)12-3-2-8-23-12/h2-8,14H,1H3,(H,19,21)(H2,18,20,22). The van der Waals surface area contributed by atoms with Crippen LogP contribution < -0.4 is 16.0 Å². The summed E-state index contributed by atoms with van der Waals surface area (Å²) in [6.45, 7) is 1.63. The molecule has 2 heterocycles. The zero-order chi connectivity index (χ0) is 16.4. The fourth-order valence-corrected chi connectivity index (χ4v) is 2.40. The highest BCUT2D eigenvalue weighted by Gasteiger charge is 2.32. The van der Waals surface area contributed by atoms with Crippen LogP contribution in [0.4, 0.5) is 14.9 Å². The summed E-state index contributed by atoms with van der Waals surface area (Å²) in [5.74, 6) is -0.357. The quantitative estimate of drug-likeness (QED) is 0.814. The van der Waals surface area contributed by atoms with E-state index in [-0.39, 0.29) is 0 Å². The van der Waals surface area contributed by atoms with Gasteiger partial charge in [-0.05, 0) is 43.3 Å². The van der Waals surface area contributed by atoms with Gasteiger partial charge in [-0.1, -0.05) is 0 Å². The first kappa shape index (κ1) is 14.8. The van der Waals surface area contributed by atoms with E-state index in [1.54, 1.807) is 19.1 Å². The summed E-state index contributed by atoms with van der Waals surface area (Å²) in [6, 6.07) is 7.66. The Hall–Kier alpha value is -3.09. The summed E-state index contributed by atoms with van der Waals surface area (Å²) < 4.78 is 18.2. The SMILES string of the molecule is CC1=C(C(=O)Nc2ccc(F)cc2)C(c2ccco2)NC(=O)N1. The molecule has 0 aliphatic carbocycles. The first-order valence-electron chi connectivity index (χ1n) is 6.93. The van der Waals surface area contributed by atoms with Crippen molar-refractivity contribution in [3.63, 3.8) is 0 Å². The highest BCUT2D eigenvalue weighted by molar-refractivity contribution is 6.06. The molecule has 0 saturated carbocycles. The third-order valence-corrected chi connectivity index (χ3v) is 3.44. The molecule has 1 aliphatic heterocycles. The van der Waals surface area contributed by atoms with E-state index in [2.05, 4.69) is 16.0 Å². The summed E-state index contributed by atoms with van der Waals surface area (Å²) in [4.78, 5) is 24.3. The highest BCUT2D eigenvalue weighted by Crippen LogP contribution is 2.27. The van der Waals surface area contributed by atoms with Gasteiger partial charge in [0.2, 0.25) is 0 Å². The molecule has 118 valence electrons. The molecule has 0 spiro atoms. The number of halogens is 1. The molecule has 1 aliphatic rings. The normalized spacial score (nSPS) is 17.5. The predicted octanol–water partition coefficient (Wildman–Crippen LogP) is 2.69. The number of hydrogen-bond donors (Lipinski definition) is 3. The van der Waals surface area contributed by atoms with Crippen molar-refractivity contribution in [2.75, 3.05) is 5.32 Å². The molecular weight excluding hydrogens is 301 g/mol. The minimum atomic E-state index is -0.695. The van der Waals surface area contributed by atoms with Gasteiger partial charge in [0.15, 0.2) is 0 Å². The van der Waals surface area contributed by atoms with Crippen LogP contribution in [0.15, 0.2) is 58.3 Å². The Balaban J connectivity index is 1.90. The van der Waals surface area contributed by atoms with Crippen molar-refractivity contribution in [2.24, 2.45) is 0 Å². The molecule has 7 heteroatoms. The van der Waals surface area contributed by atoms with E-state index in [0.29, 0.717) is 22.7 Å². The molecule has 1 unspecified atom stereocenters. The van der Waals surface area contributed by atoms with Crippen LogP contribution in [0.25, 0.3) is 0 Å². The molecule has 23 heavy (non-hydrogen) atoms. The van der Waals surface area contributed by atoms with Crippen molar-refractivity contribution in [3.05, 3.63) is 65.5 Å². The molecule has 1 aromatic heterocycles. The molecule has 3 N–H and O–H groups in total. The van der Waals surface area contributed by atoms with Crippen LogP contribution in [0, 0.1) is 5.82 Å². The summed E-state index contributed by atoms with van der Waals surface area (Å²) in [5, 5.41) is 7.90. The zero-order valence-electron chi connectivity index (χ0n) is 12.2. The van der Waals surface area contributed by atoms with E-state index in [9.17, 15) is 14.0 Å². The molecule has 6 nitrogen and oxygen atoms in total. The number of carbonyl (C=O) groups is 2. The Bertz CT molecular complexity index is 766. The minimum absolute atomic E-state index is 0.323. The van der Waals surface area contributed by atoms with Gasteiger partial charge < -0.3 is 20.4 Å². The monoisotopic (exact) mass is 315 g/mol. The zero-order valence-corrected chi connectivity index (χ0v) is 12.2. The first-order chi connectivity index (χ1) is 11.0. The lowest BCUT2D eigenvalue weighted by Gasteiger charge is -2.27. The van der Waals surface area contributed by atoms with Crippen LogP contribution in [0.3, 0.4) is 0 Å². The number of rotatable bonds is 3. The molecule has 0 radical (unpaired) electrons. The van der Waals surface area contributed by atoms with Crippen LogP contribution >= 0.6 is 0 Å². The molecule has 0 saturated heterocycles. The van der Waals surface area contributed by atoms with E-state index >= 15 is 0 Å². The summed E-state index contributed by atoms with van der Waals surface area (Å²) in [5.41, 5.74) is 1.20. The summed E-state index contributed by atoms with van der Waals surface area (Å²) >= 11 is 0. The number of amides is 3. The molecule has 1 atom stereocenters. The van der Waals surface area contributed by atoms with E-state index < -0.39 is 23.8 Å². The van der Waals surface area contributed by atoms with Crippen LogP contribution in [-0.2, 0) is 4.79 Å². The van der Waals surface area contributed by atoms with E-state index in [4.69, 9.17) is 4.42 Å². The van der Waals surface area contributed by atoms with Crippen LogP contribution in [-0.4, -0.2) is 11.9 Å². The van der Waals surface area contributed by atoms with E-state index in [0.717, 1.165) is 0 Å². The van der Waals surface area contributed by atoms with Crippen molar-refractivity contribution in [1.29, 1.82) is 0 Å². The molecule has 2 aromatic rings. The summed E-state index contributed by atoms with van der Waals surface area (Å²) in [6.07, 6.45) is 1.47. The second-order valence-electron chi connectivity index (χ2n) is 5.05. The average molecular weight is 315 g/mol. The van der Waals surface area contributed by atoms with Gasteiger partial charge in [0.1, 0.15) is 17.6 Å². The van der Waals surface area contributed by atoms with Crippen LogP contribution in [0.2, 0.25) is 0 Å². The van der Waals surface area contributed by atoms with Gasteiger partial charge in [-0.2, -0.15) is 0 Å². The second kappa shape index (κ2) is 5.96. The van der Waals surface area contributed by atoms with Gasteiger partial charge in [0.25, 0.3) is 5.91 Å². The number of urea groups is 1. The lowest BCUT2D eigenvalue weighted by atomic mass is 10.00. The second-order valence-corrected chi connectivity index (χ2v) is 5.05. The molecule has 3 amide bonds. The molecule has 1 aromatic carbocycles. The van der Waals surface area contributed by atoms with Gasteiger partial charge in [-0.3, -0.25) is 4.79 Å². The van der Waals surface area contributed by atoms with Crippen molar-refractivity contribution in [1.82, 2.24) is 10.6 Å². The Morgan fingerprint density at radius 2 is 2.00 bits per heavy atom. The maximum Gasteiger partial charge on any atom is 0.319 e. The third-order valence-electron chi connectivity index (χ3n) is 3.44. The Kier molecular flexibility index (Phi) is 3.84. The highest BCUT2D eigenvalue weighted by atomic mass is 19.1. The lowest BCUT2D eigenvalue weighted by Crippen LogP contribution is -2.45. The smallest absolute Gasteiger partial charge is 0.319 e. The molecule has 0 fully saturated rings. The number of anilines is 1. The van der Waals surface area contributed by atoms with Gasteiger partial charge in [0, 0.05) is 11.4 Å². The van der Waals surface area contributed by atoms with E-state index in [1.165, 1.54) is 30.5 Å². The Morgan fingerprint density at radius 1 is 1.26 bits per heavy atom. The number of carbonyl (C=O) groups excluding carboxylic acids is 2. The maximum atomic E-state index is 12.9.